The number of ether oxygens (including phenoxy) is 1. The van der Waals surface area contributed by atoms with Gasteiger partial charge in [0.25, 0.3) is 11.6 Å². The molecule has 3 amide bonds. The Kier molecular flexibility index (Phi) is 6.67. The smallest absolute Gasteiger partial charge is 0.339 e. The number of nitrogens with zero attached hydrogens (tertiary/aromatic N) is 2. The van der Waals surface area contributed by atoms with Crippen LogP contribution in [0.4, 0.5) is 4.79 Å². The maximum Gasteiger partial charge on any atom is 0.339 e. The van der Waals surface area contributed by atoms with Gasteiger partial charge in [0, 0.05) is 11.6 Å². The minimum Gasteiger partial charge on any atom is -0.466 e. The number of hydrogen-bond donors (Lipinski definition) is 2. The van der Waals surface area contributed by atoms with Crippen LogP contribution in [0, 0.1) is 26.7 Å². The van der Waals surface area contributed by atoms with Crippen molar-refractivity contribution < 1.29 is 28.1 Å². The summed E-state index contributed by atoms with van der Waals surface area (Å²) in [6.45, 7) is 6.75. The van der Waals surface area contributed by atoms with E-state index in [1.165, 1.54) is 0 Å². The van der Waals surface area contributed by atoms with Crippen LogP contribution in [-0.4, -0.2) is 40.7 Å². The number of pyridine rings is 1. The fourth-order valence-corrected chi connectivity index (χ4v) is 4.39. The van der Waals surface area contributed by atoms with Gasteiger partial charge in [0.15, 0.2) is 6.61 Å². The number of esters is 1. The van der Waals surface area contributed by atoms with Crippen LogP contribution >= 0.6 is 0 Å². The lowest BCUT2D eigenvalue weighted by atomic mass is 9.86. The lowest BCUT2D eigenvalue weighted by Crippen LogP contribution is -2.48. The molecule has 0 bridgehead atoms. The van der Waals surface area contributed by atoms with Gasteiger partial charge in [0.2, 0.25) is 0 Å². The molecule has 2 N–H and O–H groups in total. The Bertz CT molecular complexity index is 1240. The average Bonchev–Trinajstić information content (AvgIpc) is 3.34. The fourth-order valence-electron chi connectivity index (χ4n) is 4.39. The third-order valence-electron chi connectivity index (χ3n) is 6.17. The number of furan rings is 1. The van der Waals surface area contributed by atoms with Crippen molar-refractivity contribution in [2.75, 3.05) is 6.61 Å². The summed E-state index contributed by atoms with van der Waals surface area (Å²) in [7, 11) is 0. The second-order valence-electron chi connectivity index (χ2n) is 8.80. The molecule has 3 aromatic rings. The maximum atomic E-state index is 12.9. The van der Waals surface area contributed by atoms with Gasteiger partial charge in [-0.05, 0) is 51.7 Å². The van der Waals surface area contributed by atoms with Crippen molar-refractivity contribution in [1.82, 2.24) is 20.8 Å². The van der Waals surface area contributed by atoms with Crippen molar-refractivity contribution in [3.05, 3.63) is 34.9 Å². The first-order valence-corrected chi connectivity index (χ1v) is 11.3. The Morgan fingerprint density at radius 1 is 1.15 bits per heavy atom. The predicted molar refractivity (Wildman–Crippen MR) is 122 cm³/mol. The highest BCUT2D eigenvalue weighted by Gasteiger charge is 2.25. The number of nitrogens with one attached hydrogen (secondary N) is 2. The Hall–Kier alpha value is -3.69. The highest BCUT2D eigenvalue weighted by molar-refractivity contribution is 6.05. The van der Waals surface area contributed by atoms with E-state index in [-0.39, 0.29) is 17.3 Å². The summed E-state index contributed by atoms with van der Waals surface area (Å²) in [6, 6.07) is 2.80. The van der Waals surface area contributed by atoms with Crippen molar-refractivity contribution >= 4 is 29.0 Å². The van der Waals surface area contributed by atoms with Crippen LogP contribution in [0.5, 0.6) is 0 Å². The monoisotopic (exact) mass is 468 g/mol. The summed E-state index contributed by atoms with van der Waals surface area (Å²) in [5.74, 6) is 0.213. The van der Waals surface area contributed by atoms with Gasteiger partial charge in [0.1, 0.15) is 11.5 Å². The summed E-state index contributed by atoms with van der Waals surface area (Å²) in [6.07, 6.45) is 4.11. The summed E-state index contributed by atoms with van der Waals surface area (Å²) in [5.41, 5.74) is 1.95. The molecule has 0 saturated heterocycles. The van der Waals surface area contributed by atoms with Crippen LogP contribution in [0.25, 0.3) is 22.4 Å². The first-order valence-electron chi connectivity index (χ1n) is 11.3. The van der Waals surface area contributed by atoms with Gasteiger partial charge >= 0.3 is 12.0 Å². The van der Waals surface area contributed by atoms with E-state index in [4.69, 9.17) is 13.7 Å². The third kappa shape index (κ3) is 4.95. The van der Waals surface area contributed by atoms with Crippen molar-refractivity contribution in [3.63, 3.8) is 0 Å². The molecule has 0 radical (unpaired) electrons. The predicted octanol–water partition coefficient (Wildman–Crippen LogP) is 3.97. The second kappa shape index (κ2) is 9.66. The van der Waals surface area contributed by atoms with Crippen LogP contribution in [0.1, 0.15) is 60.2 Å². The molecule has 3 aromatic heterocycles. The Morgan fingerprint density at radius 3 is 2.62 bits per heavy atom. The minimum atomic E-state index is -0.755. The first-order chi connectivity index (χ1) is 16.2. The zero-order valence-corrected chi connectivity index (χ0v) is 19.7. The lowest BCUT2D eigenvalue weighted by molar-refractivity contribution is -0.123. The number of rotatable bonds is 5. The molecule has 2 unspecified atom stereocenters. The molecule has 1 fully saturated rings. The minimum absolute atomic E-state index is 0.0270. The molecule has 4 rings (SSSR count). The van der Waals surface area contributed by atoms with Crippen LogP contribution in [0.3, 0.4) is 0 Å². The number of fused-ring (bicyclic) bond motifs is 1. The van der Waals surface area contributed by atoms with Gasteiger partial charge in [-0.1, -0.05) is 24.9 Å². The number of imide groups is 1. The van der Waals surface area contributed by atoms with E-state index in [9.17, 15) is 14.4 Å². The van der Waals surface area contributed by atoms with Gasteiger partial charge in [-0.25, -0.2) is 14.6 Å². The van der Waals surface area contributed by atoms with E-state index in [1.54, 1.807) is 26.0 Å². The van der Waals surface area contributed by atoms with Crippen molar-refractivity contribution in [2.24, 2.45) is 5.92 Å². The summed E-state index contributed by atoms with van der Waals surface area (Å²) in [4.78, 5) is 41.8. The van der Waals surface area contributed by atoms with Crippen molar-refractivity contribution in [3.8, 4) is 11.3 Å². The molecule has 0 spiro atoms. The SMILES string of the molecule is Cc1cc(-c2cc(C(=O)OCC(=O)NC(=O)NC3CCCCC3C)c3c(C)noc3n2)c(C)o1. The van der Waals surface area contributed by atoms with Gasteiger partial charge in [0.05, 0.1) is 22.3 Å². The third-order valence-corrected chi connectivity index (χ3v) is 6.17. The molecule has 1 aliphatic carbocycles. The number of hydrogen-bond acceptors (Lipinski definition) is 8. The highest BCUT2D eigenvalue weighted by Crippen LogP contribution is 2.30. The molecule has 2 atom stereocenters. The molecule has 10 nitrogen and oxygen atoms in total. The molecule has 0 aromatic carbocycles. The van der Waals surface area contributed by atoms with Crippen molar-refractivity contribution in [2.45, 2.75) is 59.4 Å². The van der Waals surface area contributed by atoms with E-state index in [1.807, 2.05) is 6.92 Å². The number of aromatic nitrogens is 2. The van der Waals surface area contributed by atoms with Crippen LogP contribution < -0.4 is 10.6 Å². The molecular formula is C24H28N4O6. The van der Waals surface area contributed by atoms with Crippen molar-refractivity contribution in [1.29, 1.82) is 0 Å². The van der Waals surface area contributed by atoms with E-state index in [0.717, 1.165) is 25.7 Å². The normalized spacial score (nSPS) is 18.0. The largest absolute Gasteiger partial charge is 0.466 e. The average molecular weight is 469 g/mol. The number of urea groups is 1. The zero-order valence-electron chi connectivity index (χ0n) is 19.7. The summed E-state index contributed by atoms with van der Waals surface area (Å²) in [5, 5.41) is 9.35. The fraction of sp³-hybridized carbons (Fsp3) is 0.458. The van der Waals surface area contributed by atoms with Crippen LogP contribution in [-0.2, 0) is 9.53 Å². The van der Waals surface area contributed by atoms with Crippen LogP contribution in [0.2, 0.25) is 0 Å². The number of aryl methyl sites for hydroxylation is 3. The van der Waals surface area contributed by atoms with E-state index in [0.29, 0.717) is 39.8 Å². The Morgan fingerprint density at radius 2 is 1.91 bits per heavy atom. The van der Waals surface area contributed by atoms with Gasteiger partial charge in [-0.2, -0.15) is 0 Å². The van der Waals surface area contributed by atoms with Gasteiger partial charge in [-0.15, -0.1) is 0 Å². The Balaban J connectivity index is 1.45. The molecule has 1 aliphatic rings. The lowest BCUT2D eigenvalue weighted by Gasteiger charge is -2.29. The molecule has 180 valence electrons. The quantitative estimate of drug-likeness (QED) is 0.537. The van der Waals surface area contributed by atoms with E-state index < -0.39 is 24.5 Å². The molecule has 1 saturated carbocycles. The number of carbonyl (C=O) groups is 3. The molecular weight excluding hydrogens is 440 g/mol. The molecule has 3 heterocycles. The molecule has 10 heteroatoms. The van der Waals surface area contributed by atoms with E-state index in [2.05, 4.69) is 27.7 Å². The highest BCUT2D eigenvalue weighted by atomic mass is 16.5. The van der Waals surface area contributed by atoms with E-state index >= 15 is 0 Å². The summed E-state index contributed by atoms with van der Waals surface area (Å²) < 4.78 is 16.1. The first kappa shape index (κ1) is 23.5. The topological polar surface area (TPSA) is 137 Å². The van der Waals surface area contributed by atoms with Gasteiger partial charge in [-0.3, -0.25) is 10.1 Å². The number of carbonyl (C=O) groups excluding carboxylic acids is 3. The second-order valence-corrected chi connectivity index (χ2v) is 8.80. The molecule has 34 heavy (non-hydrogen) atoms. The maximum absolute atomic E-state index is 12.9. The number of amides is 3. The summed E-state index contributed by atoms with van der Waals surface area (Å²) >= 11 is 0. The Labute approximate surface area is 196 Å². The molecule has 0 aliphatic heterocycles. The van der Waals surface area contributed by atoms with Crippen LogP contribution in [0.15, 0.2) is 21.1 Å². The van der Waals surface area contributed by atoms with Gasteiger partial charge < -0.3 is 19.0 Å². The standard InChI is InChI=1S/C24H28N4O6/c1-12-7-5-6-8-18(12)26-24(31)27-20(29)11-32-23(30)17-10-19(16-9-13(2)33-15(16)4)25-22-21(17)14(3)28-34-22/h9-10,12,18H,5-8,11H2,1-4H3,(H2,26,27,29,31). The zero-order chi connectivity index (χ0) is 24.4.